The van der Waals surface area contributed by atoms with E-state index in [9.17, 15) is 0 Å². The first-order chi connectivity index (χ1) is 18.0. The first-order valence-corrected chi connectivity index (χ1v) is 12.6. The molecule has 9 nitrogen and oxygen atoms in total. The maximum atomic E-state index is 4.74. The third-order valence-corrected chi connectivity index (χ3v) is 7.08. The van der Waals surface area contributed by atoms with Crippen LogP contribution >= 0.6 is 0 Å². The average Bonchev–Trinajstić information content (AvgIpc) is 3.53. The van der Waals surface area contributed by atoms with E-state index in [0.717, 1.165) is 82.2 Å². The molecule has 0 unspecified atom stereocenters. The van der Waals surface area contributed by atoms with Crippen LogP contribution in [0.4, 0.5) is 11.5 Å². The van der Waals surface area contributed by atoms with Gasteiger partial charge in [0.25, 0.3) is 0 Å². The summed E-state index contributed by atoms with van der Waals surface area (Å²) in [6, 6.07) is 8.37. The van der Waals surface area contributed by atoms with E-state index in [1.165, 1.54) is 0 Å². The molecule has 5 aromatic rings. The molecule has 37 heavy (non-hydrogen) atoms. The molecule has 0 aliphatic carbocycles. The van der Waals surface area contributed by atoms with Crippen LogP contribution in [0.2, 0.25) is 0 Å². The zero-order valence-electron chi connectivity index (χ0n) is 21.4. The van der Waals surface area contributed by atoms with Crippen molar-refractivity contribution in [2.45, 2.75) is 13.8 Å². The number of fused-ring (bicyclic) bond motifs is 2. The lowest BCUT2D eigenvalue weighted by Crippen LogP contribution is -2.44. The topological polar surface area (TPSA) is 102 Å². The summed E-state index contributed by atoms with van der Waals surface area (Å²) in [5.74, 6) is 1.35. The standard InChI is InChI=1S/C28H31N9/c1-17(2)18(3)32-21-11-19(14-29-16-21)20-12-23-26(34-35-27(23)31-15-20)25-13-22-24(33-25)5-6-30-28(22)37-9-7-36(4)8-10-37/h5-6,11-17,32-33H,3,7-10H2,1-2,4H3,(H,31,34,35). The molecule has 3 N–H and O–H groups in total. The van der Waals surface area contributed by atoms with Crippen molar-refractivity contribution in [1.82, 2.24) is 35.0 Å². The fraction of sp³-hybridized carbons (Fsp3) is 0.286. The Kier molecular flexibility index (Phi) is 5.84. The molecule has 188 valence electrons. The summed E-state index contributed by atoms with van der Waals surface area (Å²) >= 11 is 0. The highest BCUT2D eigenvalue weighted by molar-refractivity contribution is 5.99. The highest BCUT2D eigenvalue weighted by Crippen LogP contribution is 2.34. The summed E-state index contributed by atoms with van der Waals surface area (Å²) in [6.07, 6.45) is 7.38. The number of nitrogens with zero attached hydrogens (tertiary/aromatic N) is 6. The molecule has 1 aliphatic rings. The van der Waals surface area contributed by atoms with E-state index in [4.69, 9.17) is 4.98 Å². The zero-order valence-corrected chi connectivity index (χ0v) is 21.4. The van der Waals surface area contributed by atoms with E-state index in [-0.39, 0.29) is 0 Å². The van der Waals surface area contributed by atoms with E-state index in [1.807, 2.05) is 30.9 Å². The molecule has 9 heteroatoms. The predicted octanol–water partition coefficient (Wildman–Crippen LogP) is 4.90. The minimum Gasteiger partial charge on any atom is -0.358 e. The number of allylic oxidation sites excluding steroid dienone is 1. The zero-order chi connectivity index (χ0) is 25.5. The third kappa shape index (κ3) is 4.42. The van der Waals surface area contributed by atoms with Crippen molar-refractivity contribution in [3.05, 3.63) is 61.3 Å². The lowest BCUT2D eigenvalue weighted by atomic mass is 10.1. The fourth-order valence-corrected chi connectivity index (χ4v) is 4.70. The first-order valence-electron chi connectivity index (χ1n) is 12.6. The van der Waals surface area contributed by atoms with Gasteiger partial charge in [-0.2, -0.15) is 5.10 Å². The summed E-state index contributed by atoms with van der Waals surface area (Å²) in [5, 5.41) is 13.1. The lowest BCUT2D eigenvalue weighted by Gasteiger charge is -2.33. The van der Waals surface area contributed by atoms with E-state index < -0.39 is 0 Å². The number of aromatic amines is 2. The second kappa shape index (κ2) is 9.33. The molecule has 0 bridgehead atoms. The van der Waals surface area contributed by atoms with Crippen LogP contribution in [0.1, 0.15) is 13.8 Å². The molecule has 6 rings (SSSR count). The van der Waals surface area contributed by atoms with Gasteiger partial charge in [-0.15, -0.1) is 0 Å². The lowest BCUT2D eigenvalue weighted by molar-refractivity contribution is 0.312. The maximum absolute atomic E-state index is 4.74. The number of likely N-dealkylation sites (N-methyl/N-ethyl adjacent to an activating group) is 1. The van der Waals surface area contributed by atoms with Crippen molar-refractivity contribution in [2.24, 2.45) is 5.92 Å². The van der Waals surface area contributed by atoms with Gasteiger partial charge in [-0.1, -0.05) is 20.4 Å². The van der Waals surface area contributed by atoms with Crippen LogP contribution < -0.4 is 10.2 Å². The highest BCUT2D eigenvalue weighted by atomic mass is 15.3. The molecule has 0 saturated carbocycles. The van der Waals surface area contributed by atoms with Gasteiger partial charge in [0.05, 0.1) is 28.8 Å². The van der Waals surface area contributed by atoms with Crippen molar-refractivity contribution in [3.63, 3.8) is 0 Å². The van der Waals surface area contributed by atoms with Gasteiger partial charge >= 0.3 is 0 Å². The van der Waals surface area contributed by atoms with Crippen molar-refractivity contribution in [2.75, 3.05) is 43.4 Å². The van der Waals surface area contributed by atoms with E-state index in [2.05, 4.69) is 85.9 Å². The van der Waals surface area contributed by atoms with Gasteiger partial charge in [0.2, 0.25) is 0 Å². The maximum Gasteiger partial charge on any atom is 0.181 e. The van der Waals surface area contributed by atoms with Crippen LogP contribution in [0.3, 0.4) is 0 Å². The minimum atomic E-state index is 0.332. The number of H-pyrrole nitrogens is 2. The van der Waals surface area contributed by atoms with Gasteiger partial charge in [-0.05, 0) is 37.2 Å². The summed E-state index contributed by atoms with van der Waals surface area (Å²) < 4.78 is 0. The fourth-order valence-electron chi connectivity index (χ4n) is 4.70. The largest absolute Gasteiger partial charge is 0.358 e. The smallest absolute Gasteiger partial charge is 0.181 e. The Labute approximate surface area is 215 Å². The molecule has 0 spiro atoms. The Morgan fingerprint density at radius 3 is 2.62 bits per heavy atom. The minimum absolute atomic E-state index is 0.332. The number of pyridine rings is 3. The van der Waals surface area contributed by atoms with Crippen LogP contribution in [0.25, 0.3) is 44.5 Å². The van der Waals surface area contributed by atoms with Crippen molar-refractivity contribution in [1.29, 1.82) is 0 Å². The molecule has 1 aliphatic heterocycles. The van der Waals surface area contributed by atoms with Crippen molar-refractivity contribution in [3.8, 4) is 22.5 Å². The van der Waals surface area contributed by atoms with Gasteiger partial charge in [0, 0.05) is 72.4 Å². The molecule has 5 aromatic heterocycles. The van der Waals surface area contributed by atoms with Gasteiger partial charge < -0.3 is 20.1 Å². The molecule has 0 atom stereocenters. The molecular formula is C28H31N9. The van der Waals surface area contributed by atoms with Crippen LogP contribution in [-0.2, 0) is 0 Å². The van der Waals surface area contributed by atoms with E-state index in [0.29, 0.717) is 11.6 Å². The molecular weight excluding hydrogens is 462 g/mol. The number of aromatic nitrogens is 6. The summed E-state index contributed by atoms with van der Waals surface area (Å²) in [6.45, 7) is 12.3. The molecule has 0 aromatic carbocycles. The van der Waals surface area contributed by atoms with Gasteiger partial charge in [-0.25, -0.2) is 9.97 Å². The monoisotopic (exact) mass is 493 g/mol. The molecule has 0 amide bonds. The molecule has 0 radical (unpaired) electrons. The van der Waals surface area contributed by atoms with Crippen molar-refractivity contribution < 1.29 is 0 Å². The van der Waals surface area contributed by atoms with Crippen LogP contribution in [0, 0.1) is 5.92 Å². The SMILES string of the molecule is C=C(Nc1cncc(-c2cnc3n[nH]c(-c4cc5c(N6CCN(C)CC6)nccc5[nH]4)c3c2)c1)C(C)C. The Morgan fingerprint density at radius 1 is 1.00 bits per heavy atom. The van der Waals surface area contributed by atoms with Crippen LogP contribution in [0.5, 0.6) is 0 Å². The van der Waals surface area contributed by atoms with Crippen molar-refractivity contribution >= 4 is 33.4 Å². The Balaban J connectivity index is 1.36. The number of hydrogen-bond donors (Lipinski definition) is 3. The summed E-state index contributed by atoms with van der Waals surface area (Å²) in [4.78, 5) is 22.1. The van der Waals surface area contributed by atoms with Gasteiger partial charge in [0.15, 0.2) is 5.65 Å². The average molecular weight is 494 g/mol. The summed E-state index contributed by atoms with van der Waals surface area (Å²) in [7, 11) is 2.16. The third-order valence-electron chi connectivity index (χ3n) is 7.08. The predicted molar refractivity (Wildman–Crippen MR) is 150 cm³/mol. The Bertz CT molecular complexity index is 1590. The van der Waals surface area contributed by atoms with E-state index in [1.54, 1.807) is 0 Å². The number of anilines is 2. The van der Waals surface area contributed by atoms with Crippen LogP contribution in [-0.4, -0.2) is 68.3 Å². The second-order valence-corrected chi connectivity index (χ2v) is 10.0. The van der Waals surface area contributed by atoms with Gasteiger partial charge in [-0.3, -0.25) is 10.1 Å². The number of piperazine rings is 1. The molecule has 6 heterocycles. The van der Waals surface area contributed by atoms with Gasteiger partial charge in [0.1, 0.15) is 5.82 Å². The number of rotatable bonds is 6. The number of nitrogens with one attached hydrogen (secondary N) is 3. The van der Waals surface area contributed by atoms with E-state index >= 15 is 0 Å². The first kappa shape index (κ1) is 23.2. The Hall–Kier alpha value is -4.24. The second-order valence-electron chi connectivity index (χ2n) is 10.0. The number of hydrogen-bond acceptors (Lipinski definition) is 7. The quantitative estimate of drug-likeness (QED) is 0.309. The normalized spacial score (nSPS) is 14.6. The molecule has 1 fully saturated rings. The van der Waals surface area contributed by atoms with Crippen LogP contribution in [0.15, 0.2) is 61.3 Å². The highest BCUT2D eigenvalue weighted by Gasteiger charge is 2.20. The summed E-state index contributed by atoms with van der Waals surface area (Å²) in [5.41, 5.74) is 7.39. The molecule has 1 saturated heterocycles. The Morgan fingerprint density at radius 2 is 1.81 bits per heavy atom.